The summed E-state index contributed by atoms with van der Waals surface area (Å²) in [5.41, 5.74) is 4.62. The van der Waals surface area contributed by atoms with Gasteiger partial charge < -0.3 is 25.3 Å². The van der Waals surface area contributed by atoms with Crippen LogP contribution in [-0.4, -0.2) is 87.1 Å². The molecule has 2 aromatic rings. The average molecular weight is 510 g/mol. The Morgan fingerprint density at radius 1 is 1.19 bits per heavy atom. The molecule has 2 heterocycles. The van der Waals surface area contributed by atoms with Crippen molar-refractivity contribution < 1.29 is 4.79 Å². The smallest absolute Gasteiger partial charge is 0.251 e. The molecule has 9 heteroatoms. The van der Waals surface area contributed by atoms with E-state index in [9.17, 15) is 9.70 Å². The zero-order valence-electron chi connectivity index (χ0n) is 23.4. The molecular weight excluding hydrogens is 466 g/mol. The maximum absolute atomic E-state index is 13.4. The molecule has 0 saturated heterocycles. The fourth-order valence-electron chi connectivity index (χ4n) is 4.63. The van der Waals surface area contributed by atoms with Gasteiger partial charge in [0.05, 0.1) is 17.8 Å². The zero-order chi connectivity index (χ0) is 27.1. The van der Waals surface area contributed by atoms with Crippen molar-refractivity contribution in [3.8, 4) is 11.3 Å². The Hall–Kier alpha value is -2.88. The number of fused-ring (bicyclic) bond motifs is 1. The van der Waals surface area contributed by atoms with E-state index in [4.69, 9.17) is 4.98 Å². The van der Waals surface area contributed by atoms with Crippen LogP contribution in [0.3, 0.4) is 0 Å². The third-order valence-electron chi connectivity index (χ3n) is 7.32. The van der Waals surface area contributed by atoms with Gasteiger partial charge in [0, 0.05) is 61.9 Å². The highest BCUT2D eigenvalue weighted by atomic mass is 16.3. The second kappa shape index (κ2) is 13.1. The number of hydrogen-bond acceptors (Lipinski definition) is 8. The number of likely N-dealkylation sites (N-methyl/N-ethyl adjacent to an activating group) is 2. The number of nitrogens with zero attached hydrogens (tertiary/aromatic N) is 5. The molecule has 0 radical (unpaired) electrons. The van der Waals surface area contributed by atoms with E-state index >= 15 is 0 Å². The Bertz CT molecular complexity index is 1070. The van der Waals surface area contributed by atoms with Crippen LogP contribution in [0.4, 0.5) is 5.82 Å². The lowest BCUT2D eigenvalue weighted by Gasteiger charge is -2.39. The molecule has 1 aliphatic rings. The highest BCUT2D eigenvalue weighted by molar-refractivity contribution is 5.99. The number of pyridine rings is 1. The van der Waals surface area contributed by atoms with Crippen LogP contribution in [0.2, 0.25) is 0 Å². The first kappa shape index (κ1) is 28.7. The number of carbonyl (C=O) groups is 1. The van der Waals surface area contributed by atoms with Crippen LogP contribution < -0.4 is 15.5 Å². The van der Waals surface area contributed by atoms with E-state index in [1.165, 1.54) is 5.56 Å². The highest BCUT2D eigenvalue weighted by Gasteiger charge is 2.32. The van der Waals surface area contributed by atoms with Gasteiger partial charge in [0.15, 0.2) is 0 Å². The maximum Gasteiger partial charge on any atom is 0.251 e. The minimum atomic E-state index is -0.131. The SMILES string of the molecule is CNCCN(C)Cc1cccc(-c2cc(C(=O)NCC(CN=O)C(C)N(C)C)c3c(n2)N(C(C)C)C3)c1. The van der Waals surface area contributed by atoms with E-state index in [1.54, 1.807) is 0 Å². The lowest BCUT2D eigenvalue weighted by Crippen LogP contribution is -2.43. The summed E-state index contributed by atoms with van der Waals surface area (Å²) < 4.78 is 0. The van der Waals surface area contributed by atoms with Crippen molar-refractivity contribution in [2.75, 3.05) is 59.3 Å². The third kappa shape index (κ3) is 7.12. The van der Waals surface area contributed by atoms with Crippen molar-refractivity contribution in [2.24, 2.45) is 11.1 Å². The topological polar surface area (TPSA) is 93.2 Å². The van der Waals surface area contributed by atoms with E-state index in [1.807, 2.05) is 39.0 Å². The first-order valence-corrected chi connectivity index (χ1v) is 13.1. The first-order valence-electron chi connectivity index (χ1n) is 13.1. The van der Waals surface area contributed by atoms with E-state index in [0.29, 0.717) is 24.7 Å². The number of anilines is 1. The van der Waals surface area contributed by atoms with Crippen molar-refractivity contribution in [3.05, 3.63) is 51.9 Å². The largest absolute Gasteiger partial charge is 0.352 e. The van der Waals surface area contributed by atoms with Gasteiger partial charge in [-0.05, 0) is 66.7 Å². The second-order valence-electron chi connectivity index (χ2n) is 10.6. The molecule has 1 aliphatic heterocycles. The molecule has 2 unspecified atom stereocenters. The van der Waals surface area contributed by atoms with E-state index < -0.39 is 0 Å². The highest BCUT2D eigenvalue weighted by Crippen LogP contribution is 2.38. The molecule has 2 N–H and O–H groups in total. The number of rotatable bonds is 14. The molecule has 3 rings (SSSR count). The number of nitroso groups, excluding NO2 is 1. The van der Waals surface area contributed by atoms with Gasteiger partial charge in [-0.1, -0.05) is 23.4 Å². The fraction of sp³-hybridized carbons (Fsp3) is 0.571. The summed E-state index contributed by atoms with van der Waals surface area (Å²) in [5.74, 6) is 0.683. The van der Waals surface area contributed by atoms with Crippen LogP contribution in [0.5, 0.6) is 0 Å². The van der Waals surface area contributed by atoms with Crippen LogP contribution >= 0.6 is 0 Å². The number of aromatic nitrogens is 1. The van der Waals surface area contributed by atoms with Gasteiger partial charge in [0.25, 0.3) is 5.91 Å². The van der Waals surface area contributed by atoms with Crippen LogP contribution in [0.25, 0.3) is 11.3 Å². The molecule has 0 fully saturated rings. The lowest BCUT2D eigenvalue weighted by molar-refractivity contribution is 0.0937. The molecule has 1 aromatic heterocycles. The first-order chi connectivity index (χ1) is 17.7. The maximum atomic E-state index is 13.4. The van der Waals surface area contributed by atoms with E-state index in [-0.39, 0.29) is 24.4 Å². The molecule has 1 aromatic carbocycles. The Labute approximate surface area is 221 Å². The number of carbonyl (C=O) groups excluding carboxylic acids is 1. The summed E-state index contributed by atoms with van der Waals surface area (Å²) >= 11 is 0. The van der Waals surface area contributed by atoms with Crippen molar-refractivity contribution in [1.29, 1.82) is 0 Å². The van der Waals surface area contributed by atoms with E-state index in [0.717, 1.165) is 42.3 Å². The predicted molar refractivity (Wildman–Crippen MR) is 151 cm³/mol. The summed E-state index contributed by atoms with van der Waals surface area (Å²) in [6, 6.07) is 10.7. The van der Waals surface area contributed by atoms with E-state index in [2.05, 4.69) is 70.8 Å². The van der Waals surface area contributed by atoms with Crippen LogP contribution in [0.15, 0.2) is 35.5 Å². The molecule has 1 amide bonds. The number of benzene rings is 1. The van der Waals surface area contributed by atoms with Gasteiger partial charge in [0.2, 0.25) is 0 Å². The quantitative estimate of drug-likeness (QED) is 0.378. The van der Waals surface area contributed by atoms with Gasteiger partial charge in [0.1, 0.15) is 5.82 Å². The summed E-state index contributed by atoms with van der Waals surface area (Å²) in [4.78, 5) is 36.0. The molecule has 0 bridgehead atoms. The number of hydrogen-bond donors (Lipinski definition) is 2. The monoisotopic (exact) mass is 509 g/mol. The average Bonchev–Trinajstić information content (AvgIpc) is 2.84. The predicted octanol–water partition coefficient (Wildman–Crippen LogP) is 3.19. The number of nitrogens with one attached hydrogen (secondary N) is 2. The zero-order valence-corrected chi connectivity index (χ0v) is 23.4. The van der Waals surface area contributed by atoms with Crippen molar-refractivity contribution >= 4 is 11.7 Å². The van der Waals surface area contributed by atoms with Crippen molar-refractivity contribution in [3.63, 3.8) is 0 Å². The Kier molecular flexibility index (Phi) is 10.1. The molecule has 0 spiro atoms. The molecule has 9 nitrogen and oxygen atoms in total. The summed E-state index contributed by atoms with van der Waals surface area (Å²) in [7, 11) is 8.01. The summed E-state index contributed by atoms with van der Waals surface area (Å²) in [6.45, 7) is 10.3. The van der Waals surface area contributed by atoms with Crippen molar-refractivity contribution in [1.82, 2.24) is 25.4 Å². The van der Waals surface area contributed by atoms with Gasteiger partial charge >= 0.3 is 0 Å². The van der Waals surface area contributed by atoms with Gasteiger partial charge in [-0.2, -0.15) is 4.91 Å². The Morgan fingerprint density at radius 3 is 2.59 bits per heavy atom. The lowest BCUT2D eigenvalue weighted by atomic mass is 9.95. The fourth-order valence-corrected chi connectivity index (χ4v) is 4.63. The van der Waals surface area contributed by atoms with Gasteiger partial charge in [-0.15, -0.1) is 0 Å². The molecule has 37 heavy (non-hydrogen) atoms. The molecule has 2 atom stereocenters. The van der Waals surface area contributed by atoms with Gasteiger partial charge in [-0.25, -0.2) is 4.98 Å². The molecule has 0 aliphatic carbocycles. The minimum absolute atomic E-state index is 0.0626. The van der Waals surface area contributed by atoms with Crippen LogP contribution in [0.1, 0.15) is 42.3 Å². The molecular formula is C28H43N7O2. The third-order valence-corrected chi connectivity index (χ3v) is 7.32. The summed E-state index contributed by atoms with van der Waals surface area (Å²) in [6.07, 6.45) is 0. The Morgan fingerprint density at radius 2 is 1.95 bits per heavy atom. The molecule has 0 saturated carbocycles. The van der Waals surface area contributed by atoms with Crippen LogP contribution in [-0.2, 0) is 13.1 Å². The normalized spacial score (nSPS) is 14.5. The Balaban J connectivity index is 1.88. The minimum Gasteiger partial charge on any atom is -0.352 e. The van der Waals surface area contributed by atoms with Gasteiger partial charge in [-0.3, -0.25) is 4.79 Å². The standard InChI is InChI=1S/C28H43N7O2/c1-19(2)35-18-25-24(28(36)30-15-23(16-31-37)20(3)33(5)6)14-26(32-27(25)35)22-10-8-9-21(13-22)17-34(7)12-11-29-4/h8-10,13-14,19-20,23,29H,11-12,15-18H2,1-7H3,(H,30,36). The van der Waals surface area contributed by atoms with Crippen molar-refractivity contribution in [2.45, 2.75) is 45.9 Å². The number of amides is 1. The summed E-state index contributed by atoms with van der Waals surface area (Å²) in [5, 5.41) is 9.38. The molecule has 202 valence electrons. The second-order valence-corrected chi connectivity index (χ2v) is 10.6. The van der Waals surface area contributed by atoms with Crippen LogP contribution in [0, 0.1) is 10.8 Å².